The second-order valence-electron chi connectivity index (χ2n) is 5.07. The number of aliphatic hydroxyl groups excluding tert-OH is 1. The molecule has 2 heteroatoms. The minimum absolute atomic E-state index is 0.105. The highest BCUT2D eigenvalue weighted by molar-refractivity contribution is 4.76. The van der Waals surface area contributed by atoms with Crippen molar-refractivity contribution >= 4 is 0 Å². The van der Waals surface area contributed by atoms with Gasteiger partial charge in [-0.05, 0) is 25.7 Å². The quantitative estimate of drug-likeness (QED) is 0.708. The molecule has 0 rings (SSSR count). The summed E-state index contributed by atoms with van der Waals surface area (Å²) in [6, 6.07) is 0. The van der Waals surface area contributed by atoms with Gasteiger partial charge < -0.3 is 9.84 Å². The molecule has 74 valence electrons. The molecule has 0 radical (unpaired) electrons. The lowest BCUT2D eigenvalue weighted by Crippen LogP contribution is -2.31. The lowest BCUT2D eigenvalue weighted by molar-refractivity contribution is -0.0553. The Bertz CT molecular complexity index is 122. The van der Waals surface area contributed by atoms with Crippen LogP contribution in [0, 0.1) is 5.41 Å². The molecule has 2 nitrogen and oxygen atoms in total. The van der Waals surface area contributed by atoms with E-state index in [2.05, 4.69) is 34.6 Å². The lowest BCUT2D eigenvalue weighted by atomic mass is 9.84. The summed E-state index contributed by atoms with van der Waals surface area (Å²) in [6.07, 6.45) is 1.00. The van der Waals surface area contributed by atoms with Crippen LogP contribution in [0.1, 0.15) is 41.0 Å². The molecule has 0 spiro atoms. The molecule has 0 fully saturated rings. The van der Waals surface area contributed by atoms with Crippen molar-refractivity contribution in [3.05, 3.63) is 0 Å². The molecule has 12 heavy (non-hydrogen) atoms. The second kappa shape index (κ2) is 4.24. The maximum absolute atomic E-state index is 8.60. The minimum Gasteiger partial charge on any atom is -0.394 e. The monoisotopic (exact) mass is 174 g/mol. The lowest BCUT2D eigenvalue weighted by Gasteiger charge is -2.32. The highest BCUT2D eigenvalue weighted by Crippen LogP contribution is 2.29. The van der Waals surface area contributed by atoms with Gasteiger partial charge in [-0.2, -0.15) is 0 Å². The molecule has 0 aromatic heterocycles. The van der Waals surface area contributed by atoms with Crippen LogP contribution in [-0.2, 0) is 4.74 Å². The molecule has 1 N–H and O–H groups in total. The zero-order chi connectivity index (χ0) is 9.83. The van der Waals surface area contributed by atoms with E-state index in [0.717, 1.165) is 6.42 Å². The van der Waals surface area contributed by atoms with E-state index < -0.39 is 0 Å². The van der Waals surface area contributed by atoms with Crippen molar-refractivity contribution in [2.45, 2.75) is 46.6 Å². The van der Waals surface area contributed by atoms with Crippen molar-refractivity contribution in [2.24, 2.45) is 5.41 Å². The van der Waals surface area contributed by atoms with Crippen LogP contribution in [0.5, 0.6) is 0 Å². The summed E-state index contributed by atoms with van der Waals surface area (Å²) in [5.74, 6) is 0. The molecule has 0 aliphatic heterocycles. The summed E-state index contributed by atoms with van der Waals surface area (Å²) in [6.45, 7) is 11.2. The van der Waals surface area contributed by atoms with Gasteiger partial charge in [0.1, 0.15) is 0 Å². The third-order valence-electron chi connectivity index (χ3n) is 1.54. The van der Waals surface area contributed by atoms with E-state index in [1.54, 1.807) is 0 Å². The van der Waals surface area contributed by atoms with Gasteiger partial charge >= 0.3 is 0 Å². The molecule has 0 saturated heterocycles. The Morgan fingerprint density at radius 2 is 1.58 bits per heavy atom. The summed E-state index contributed by atoms with van der Waals surface area (Å²) < 4.78 is 5.50. The summed E-state index contributed by atoms with van der Waals surface area (Å²) in [4.78, 5) is 0. The summed E-state index contributed by atoms with van der Waals surface area (Å²) >= 11 is 0. The van der Waals surface area contributed by atoms with Crippen molar-refractivity contribution < 1.29 is 9.84 Å². The number of ether oxygens (including phenoxy) is 1. The molecule has 0 bridgehead atoms. The second-order valence-corrected chi connectivity index (χ2v) is 5.07. The molecule has 0 aliphatic rings. The maximum Gasteiger partial charge on any atom is 0.0704 e. The van der Waals surface area contributed by atoms with E-state index in [4.69, 9.17) is 9.84 Å². The molecule has 0 atom stereocenters. The van der Waals surface area contributed by atoms with E-state index in [9.17, 15) is 0 Å². The van der Waals surface area contributed by atoms with Gasteiger partial charge in [0.05, 0.1) is 18.8 Å². The predicted molar refractivity (Wildman–Crippen MR) is 51.2 cm³/mol. The van der Waals surface area contributed by atoms with E-state index in [1.807, 2.05) is 0 Å². The zero-order valence-electron chi connectivity index (χ0n) is 8.98. The van der Waals surface area contributed by atoms with Crippen LogP contribution in [0.2, 0.25) is 0 Å². The van der Waals surface area contributed by atoms with Crippen LogP contribution in [0.15, 0.2) is 0 Å². The Morgan fingerprint density at radius 1 is 1.08 bits per heavy atom. The van der Waals surface area contributed by atoms with Gasteiger partial charge in [-0.15, -0.1) is 0 Å². The van der Waals surface area contributed by atoms with Crippen molar-refractivity contribution in [2.75, 3.05) is 13.2 Å². The van der Waals surface area contributed by atoms with Crippen LogP contribution >= 0.6 is 0 Å². The molecular formula is C10H22O2. The first-order valence-electron chi connectivity index (χ1n) is 4.52. The van der Waals surface area contributed by atoms with Crippen molar-refractivity contribution in [1.29, 1.82) is 0 Å². The zero-order valence-corrected chi connectivity index (χ0v) is 8.98. The van der Waals surface area contributed by atoms with Crippen LogP contribution in [0.4, 0.5) is 0 Å². The number of hydrogen-bond acceptors (Lipinski definition) is 2. The fraction of sp³-hybridized carbons (Fsp3) is 1.00. The van der Waals surface area contributed by atoms with E-state index >= 15 is 0 Å². The minimum atomic E-state index is -0.124. The third-order valence-corrected chi connectivity index (χ3v) is 1.54. The first kappa shape index (κ1) is 11.9. The molecule has 0 aromatic carbocycles. The maximum atomic E-state index is 8.60. The molecule has 0 aromatic rings. The largest absolute Gasteiger partial charge is 0.394 e. The van der Waals surface area contributed by atoms with E-state index in [1.165, 1.54) is 0 Å². The van der Waals surface area contributed by atoms with Crippen molar-refractivity contribution in [3.8, 4) is 0 Å². The van der Waals surface area contributed by atoms with Crippen LogP contribution in [0.3, 0.4) is 0 Å². The van der Waals surface area contributed by atoms with E-state index in [-0.39, 0.29) is 17.6 Å². The van der Waals surface area contributed by atoms with Crippen molar-refractivity contribution in [1.82, 2.24) is 0 Å². The Morgan fingerprint density at radius 3 is 1.92 bits per heavy atom. The van der Waals surface area contributed by atoms with Crippen molar-refractivity contribution in [3.63, 3.8) is 0 Å². The number of hydrogen-bond donors (Lipinski definition) is 1. The normalized spacial score (nSPS) is 13.5. The van der Waals surface area contributed by atoms with Crippen LogP contribution < -0.4 is 0 Å². The fourth-order valence-electron chi connectivity index (χ4n) is 1.65. The Labute approximate surface area is 75.9 Å². The topological polar surface area (TPSA) is 29.5 Å². The van der Waals surface area contributed by atoms with E-state index in [0.29, 0.717) is 6.61 Å². The SMILES string of the molecule is CC(C)(C)CC(C)(C)OCCO. The number of aliphatic hydroxyl groups is 1. The first-order chi connectivity index (χ1) is 5.27. The highest BCUT2D eigenvalue weighted by atomic mass is 16.5. The summed E-state index contributed by atoms with van der Waals surface area (Å²) in [5.41, 5.74) is 0.153. The molecular weight excluding hydrogens is 152 g/mol. The van der Waals surface area contributed by atoms with Gasteiger partial charge in [-0.1, -0.05) is 20.8 Å². The van der Waals surface area contributed by atoms with Crippen LogP contribution in [0.25, 0.3) is 0 Å². The summed E-state index contributed by atoms with van der Waals surface area (Å²) in [7, 11) is 0. The number of rotatable bonds is 4. The molecule has 0 aliphatic carbocycles. The fourth-order valence-corrected chi connectivity index (χ4v) is 1.65. The highest BCUT2D eigenvalue weighted by Gasteiger charge is 2.25. The Hall–Kier alpha value is -0.0800. The molecule has 0 amide bonds. The first-order valence-corrected chi connectivity index (χ1v) is 4.52. The average molecular weight is 174 g/mol. The standard InChI is InChI=1S/C10H22O2/c1-9(2,3)8-10(4,5)12-7-6-11/h11H,6-8H2,1-5H3. The predicted octanol–water partition coefficient (Wildman–Crippen LogP) is 2.21. The average Bonchev–Trinajstić information content (AvgIpc) is 1.78. The van der Waals surface area contributed by atoms with Gasteiger partial charge in [-0.3, -0.25) is 0 Å². The third kappa shape index (κ3) is 6.62. The Balaban J connectivity index is 3.86. The molecule has 0 heterocycles. The molecule has 0 unspecified atom stereocenters. The molecule has 0 saturated carbocycles. The van der Waals surface area contributed by atoms with Crippen LogP contribution in [-0.4, -0.2) is 23.9 Å². The van der Waals surface area contributed by atoms with Gasteiger partial charge in [0.2, 0.25) is 0 Å². The van der Waals surface area contributed by atoms with Gasteiger partial charge in [0.25, 0.3) is 0 Å². The Kier molecular flexibility index (Phi) is 4.21. The summed E-state index contributed by atoms with van der Waals surface area (Å²) in [5, 5.41) is 8.60. The smallest absolute Gasteiger partial charge is 0.0704 e. The van der Waals surface area contributed by atoms with Gasteiger partial charge in [0.15, 0.2) is 0 Å². The van der Waals surface area contributed by atoms with Gasteiger partial charge in [-0.25, -0.2) is 0 Å². The van der Waals surface area contributed by atoms with Gasteiger partial charge in [0, 0.05) is 0 Å².